The predicted octanol–water partition coefficient (Wildman–Crippen LogP) is 2.98. The maximum atomic E-state index is 12.7. The molecule has 1 aromatic heterocycles. The molecule has 3 aromatic rings. The summed E-state index contributed by atoms with van der Waals surface area (Å²) in [6, 6.07) is 13.6. The number of anilines is 3. The van der Waals surface area contributed by atoms with Crippen LogP contribution in [-0.2, 0) is 17.8 Å². The number of hydrogen-bond donors (Lipinski definition) is 3. The third-order valence-corrected chi connectivity index (χ3v) is 5.78. The Labute approximate surface area is 184 Å². The van der Waals surface area contributed by atoms with Gasteiger partial charge in [0.1, 0.15) is 5.75 Å². The first-order chi connectivity index (χ1) is 15.0. The molecule has 0 saturated heterocycles. The van der Waals surface area contributed by atoms with Crippen molar-refractivity contribution in [1.29, 1.82) is 0 Å². The number of carbonyl (C=O) groups excluding carboxylic acids is 2. The number of hydrogen-bond acceptors (Lipinski definition) is 7. The first kappa shape index (κ1) is 20.8. The van der Waals surface area contributed by atoms with Gasteiger partial charge in [0.2, 0.25) is 0 Å². The number of likely N-dealkylation sites (N-methyl/N-ethyl adjacent to an activating group) is 1. The zero-order valence-electron chi connectivity index (χ0n) is 17.1. The lowest BCUT2D eigenvalue weighted by atomic mass is 10.2. The van der Waals surface area contributed by atoms with Crippen molar-refractivity contribution in [1.82, 2.24) is 9.88 Å². The molecule has 31 heavy (non-hydrogen) atoms. The van der Waals surface area contributed by atoms with E-state index >= 15 is 0 Å². The Bertz CT molecular complexity index is 1110. The van der Waals surface area contributed by atoms with Gasteiger partial charge in [0, 0.05) is 41.3 Å². The summed E-state index contributed by atoms with van der Waals surface area (Å²) < 4.78 is 5.55. The highest BCUT2D eigenvalue weighted by Crippen LogP contribution is 2.28. The van der Waals surface area contributed by atoms with Crippen LogP contribution in [0.4, 0.5) is 16.5 Å². The molecule has 0 spiro atoms. The zero-order valence-corrected chi connectivity index (χ0v) is 17.9. The first-order valence-electron chi connectivity index (χ1n) is 9.83. The highest BCUT2D eigenvalue weighted by atomic mass is 32.1. The summed E-state index contributed by atoms with van der Waals surface area (Å²) in [7, 11) is 2.07. The Balaban J connectivity index is 1.34. The van der Waals surface area contributed by atoms with Crippen molar-refractivity contribution < 1.29 is 14.3 Å². The van der Waals surface area contributed by atoms with Crippen molar-refractivity contribution in [3.63, 3.8) is 0 Å². The molecule has 9 heteroatoms. The van der Waals surface area contributed by atoms with Gasteiger partial charge in [-0.1, -0.05) is 12.1 Å². The lowest BCUT2D eigenvalue weighted by Gasteiger charge is -2.20. The van der Waals surface area contributed by atoms with Crippen LogP contribution in [-0.4, -0.2) is 41.9 Å². The Morgan fingerprint density at radius 3 is 2.87 bits per heavy atom. The molecule has 2 heterocycles. The second kappa shape index (κ2) is 9.15. The molecule has 0 bridgehead atoms. The molecule has 2 amide bonds. The molecule has 8 nitrogen and oxygen atoms in total. The normalized spacial score (nSPS) is 13.3. The zero-order chi connectivity index (χ0) is 21.8. The van der Waals surface area contributed by atoms with E-state index in [-0.39, 0.29) is 18.4 Å². The molecule has 0 saturated carbocycles. The summed E-state index contributed by atoms with van der Waals surface area (Å²) in [5, 5.41) is 6.18. The van der Waals surface area contributed by atoms with Gasteiger partial charge in [0.05, 0.1) is 5.69 Å². The van der Waals surface area contributed by atoms with E-state index in [1.54, 1.807) is 48.5 Å². The Morgan fingerprint density at radius 2 is 2.03 bits per heavy atom. The number of benzene rings is 2. The summed E-state index contributed by atoms with van der Waals surface area (Å²) in [4.78, 5) is 32.7. The molecule has 4 N–H and O–H groups in total. The molecule has 160 valence electrons. The third-order valence-electron chi connectivity index (χ3n) is 4.78. The second-order valence-corrected chi connectivity index (χ2v) is 8.40. The van der Waals surface area contributed by atoms with Crippen molar-refractivity contribution in [3.8, 4) is 5.75 Å². The molecule has 2 aromatic carbocycles. The number of fused-ring (bicyclic) bond motifs is 1. The Kier molecular flexibility index (Phi) is 6.15. The van der Waals surface area contributed by atoms with E-state index in [1.807, 2.05) is 0 Å². The lowest BCUT2D eigenvalue weighted by molar-refractivity contribution is -0.118. The molecular weight excluding hydrogens is 414 g/mol. The Morgan fingerprint density at radius 1 is 1.19 bits per heavy atom. The summed E-state index contributed by atoms with van der Waals surface area (Å²) >= 11 is 1.50. The number of nitrogens with one attached hydrogen (secondary N) is 2. The summed E-state index contributed by atoms with van der Waals surface area (Å²) in [6.07, 6.45) is 0.888. The number of ether oxygens (including phenoxy) is 1. The standard InChI is InChI=1S/C22H23N5O3S/c1-27-9-8-18-19(12-27)31-22(25-18)26-21(29)14-4-2-7-17(10-14)30-13-20(28)24-16-6-3-5-15(23)11-16/h2-7,10-11H,8-9,12-13,23H2,1H3,(H,24,28)(H,25,26,29). The molecular formula is C22H23N5O3S. The quantitative estimate of drug-likeness (QED) is 0.512. The molecule has 0 radical (unpaired) electrons. The number of nitrogens with two attached hydrogens (primary N) is 1. The van der Waals surface area contributed by atoms with Gasteiger partial charge < -0.3 is 20.7 Å². The molecule has 0 aliphatic carbocycles. The highest BCUT2D eigenvalue weighted by molar-refractivity contribution is 7.15. The molecule has 1 aliphatic heterocycles. The van der Waals surface area contributed by atoms with Crippen molar-refractivity contribution in [3.05, 3.63) is 64.7 Å². The maximum absolute atomic E-state index is 12.7. The molecule has 4 rings (SSSR count). The van der Waals surface area contributed by atoms with E-state index < -0.39 is 0 Å². The van der Waals surface area contributed by atoms with Crippen LogP contribution in [0.25, 0.3) is 0 Å². The number of nitrogens with zero attached hydrogens (tertiary/aromatic N) is 2. The predicted molar refractivity (Wildman–Crippen MR) is 122 cm³/mol. The minimum atomic E-state index is -0.321. The van der Waals surface area contributed by atoms with E-state index in [2.05, 4.69) is 27.6 Å². The summed E-state index contributed by atoms with van der Waals surface area (Å²) in [5.74, 6) is -0.164. The van der Waals surface area contributed by atoms with Crippen LogP contribution in [0.3, 0.4) is 0 Å². The van der Waals surface area contributed by atoms with Crippen molar-refractivity contribution >= 4 is 39.7 Å². The van der Waals surface area contributed by atoms with Crippen LogP contribution in [0.1, 0.15) is 20.9 Å². The van der Waals surface area contributed by atoms with Crippen LogP contribution in [0.5, 0.6) is 5.75 Å². The first-order valence-corrected chi connectivity index (χ1v) is 10.6. The van der Waals surface area contributed by atoms with Gasteiger partial charge in [-0.05, 0) is 43.4 Å². The second-order valence-electron chi connectivity index (χ2n) is 7.32. The number of rotatable bonds is 6. The van der Waals surface area contributed by atoms with Gasteiger partial charge in [-0.2, -0.15) is 0 Å². The van der Waals surface area contributed by atoms with Crippen molar-refractivity contribution in [2.24, 2.45) is 0 Å². The van der Waals surface area contributed by atoms with Crippen LogP contribution >= 0.6 is 11.3 Å². The monoisotopic (exact) mass is 437 g/mol. The molecule has 0 unspecified atom stereocenters. The largest absolute Gasteiger partial charge is 0.484 e. The lowest BCUT2D eigenvalue weighted by Crippen LogP contribution is -2.25. The molecule has 1 aliphatic rings. The summed E-state index contributed by atoms with van der Waals surface area (Å²) in [5.41, 5.74) is 8.35. The number of thiazole rings is 1. The number of carbonyl (C=O) groups is 2. The fourth-order valence-electron chi connectivity index (χ4n) is 3.24. The van der Waals surface area contributed by atoms with Gasteiger partial charge in [0.15, 0.2) is 11.7 Å². The number of amides is 2. The van der Waals surface area contributed by atoms with Crippen LogP contribution < -0.4 is 21.1 Å². The fraction of sp³-hybridized carbons (Fsp3) is 0.227. The summed E-state index contributed by atoms with van der Waals surface area (Å²) in [6.45, 7) is 1.63. The van der Waals surface area contributed by atoms with Crippen molar-refractivity contribution in [2.75, 3.05) is 36.6 Å². The average Bonchev–Trinajstić information content (AvgIpc) is 3.13. The van der Waals surface area contributed by atoms with Crippen LogP contribution in [0.2, 0.25) is 0 Å². The van der Waals surface area contributed by atoms with E-state index in [9.17, 15) is 9.59 Å². The minimum absolute atomic E-state index is 0.188. The number of aromatic nitrogens is 1. The van der Waals surface area contributed by atoms with E-state index in [1.165, 1.54) is 16.2 Å². The SMILES string of the molecule is CN1CCc2nc(NC(=O)c3cccc(OCC(=O)Nc4cccc(N)c4)c3)sc2C1. The van der Waals surface area contributed by atoms with Gasteiger partial charge >= 0.3 is 0 Å². The average molecular weight is 438 g/mol. The van der Waals surface area contributed by atoms with E-state index in [4.69, 9.17) is 10.5 Å². The van der Waals surface area contributed by atoms with Crippen molar-refractivity contribution in [2.45, 2.75) is 13.0 Å². The smallest absolute Gasteiger partial charge is 0.262 e. The Hall–Kier alpha value is -3.43. The number of nitrogen functional groups attached to an aromatic ring is 1. The van der Waals surface area contributed by atoms with Crippen LogP contribution in [0, 0.1) is 0 Å². The van der Waals surface area contributed by atoms with E-state index in [0.29, 0.717) is 27.8 Å². The van der Waals surface area contributed by atoms with Gasteiger partial charge in [0.25, 0.3) is 11.8 Å². The van der Waals surface area contributed by atoms with Crippen LogP contribution in [0.15, 0.2) is 48.5 Å². The minimum Gasteiger partial charge on any atom is -0.484 e. The third kappa shape index (κ3) is 5.39. The molecule has 0 atom stereocenters. The van der Waals surface area contributed by atoms with Gasteiger partial charge in [-0.25, -0.2) is 4.98 Å². The maximum Gasteiger partial charge on any atom is 0.262 e. The van der Waals surface area contributed by atoms with Gasteiger partial charge in [-0.3, -0.25) is 14.9 Å². The van der Waals surface area contributed by atoms with Gasteiger partial charge in [-0.15, -0.1) is 11.3 Å². The van der Waals surface area contributed by atoms with E-state index in [0.717, 1.165) is 25.2 Å². The topological polar surface area (TPSA) is 110 Å². The highest BCUT2D eigenvalue weighted by Gasteiger charge is 2.19. The molecule has 0 fully saturated rings. The fourth-order valence-corrected chi connectivity index (χ4v) is 4.32.